The minimum Gasteiger partial charge on any atom is -0.236 e. The van der Waals surface area contributed by atoms with E-state index in [1.54, 1.807) is 18.5 Å². The molecule has 0 aliphatic heterocycles. The van der Waals surface area contributed by atoms with Gasteiger partial charge in [-0.1, -0.05) is 75.9 Å². The summed E-state index contributed by atoms with van der Waals surface area (Å²) in [5.74, 6) is 0.562. The fraction of sp³-hybridized carbons (Fsp3) is 0.385. The fourth-order valence-electron chi connectivity index (χ4n) is 3.52. The molecule has 0 atom stereocenters. The molecular formula is C26H31FN2. The summed E-state index contributed by atoms with van der Waals surface area (Å²) >= 11 is 0. The molecule has 29 heavy (non-hydrogen) atoms. The van der Waals surface area contributed by atoms with Crippen LogP contribution in [0.15, 0.2) is 54.9 Å². The zero-order chi connectivity index (χ0) is 20.5. The summed E-state index contributed by atoms with van der Waals surface area (Å²) in [6, 6.07) is 14.0. The standard InChI is InChI=1S/C26H31FN2/c1-3-5-7-9-20-11-13-22(14-12-20)26-28-18-24(19-29-26)23-16-15-21(25(27)17-23)10-8-6-4-2/h11-19H,3-10H2,1-2H3. The maximum absolute atomic E-state index is 14.4. The largest absolute Gasteiger partial charge is 0.236 e. The summed E-state index contributed by atoms with van der Waals surface area (Å²) in [6.45, 7) is 4.38. The molecule has 0 aliphatic carbocycles. The number of benzene rings is 2. The highest BCUT2D eigenvalue weighted by molar-refractivity contribution is 5.64. The lowest BCUT2D eigenvalue weighted by molar-refractivity contribution is 0.599. The molecule has 3 rings (SSSR count). The van der Waals surface area contributed by atoms with Gasteiger partial charge in [0, 0.05) is 23.5 Å². The van der Waals surface area contributed by atoms with Crippen LogP contribution in [0, 0.1) is 5.82 Å². The van der Waals surface area contributed by atoms with Crippen molar-refractivity contribution in [2.45, 2.75) is 65.2 Å². The van der Waals surface area contributed by atoms with Crippen molar-refractivity contribution in [1.29, 1.82) is 0 Å². The minimum absolute atomic E-state index is 0.138. The predicted molar refractivity (Wildman–Crippen MR) is 119 cm³/mol. The Morgan fingerprint density at radius 3 is 1.93 bits per heavy atom. The summed E-state index contributed by atoms with van der Waals surface area (Å²) < 4.78 is 14.4. The first-order valence-electron chi connectivity index (χ1n) is 10.9. The molecule has 0 saturated carbocycles. The van der Waals surface area contributed by atoms with Gasteiger partial charge >= 0.3 is 0 Å². The van der Waals surface area contributed by atoms with Gasteiger partial charge in [0.25, 0.3) is 0 Å². The second-order valence-electron chi connectivity index (χ2n) is 7.71. The Morgan fingerprint density at radius 2 is 1.31 bits per heavy atom. The van der Waals surface area contributed by atoms with Crippen molar-refractivity contribution in [2.24, 2.45) is 0 Å². The normalized spacial score (nSPS) is 11.0. The highest BCUT2D eigenvalue weighted by atomic mass is 19.1. The van der Waals surface area contributed by atoms with Crippen LogP contribution in [0.4, 0.5) is 4.39 Å². The highest BCUT2D eigenvalue weighted by Gasteiger charge is 2.07. The second kappa shape index (κ2) is 10.8. The predicted octanol–water partition coefficient (Wildman–Crippen LogP) is 7.42. The first kappa shape index (κ1) is 21.2. The molecular weight excluding hydrogens is 359 g/mol. The van der Waals surface area contributed by atoms with Crippen LogP contribution in [-0.2, 0) is 12.8 Å². The molecule has 0 unspecified atom stereocenters. The molecule has 2 nitrogen and oxygen atoms in total. The highest BCUT2D eigenvalue weighted by Crippen LogP contribution is 2.24. The second-order valence-corrected chi connectivity index (χ2v) is 7.71. The number of hydrogen-bond acceptors (Lipinski definition) is 2. The molecule has 3 aromatic rings. The minimum atomic E-state index is -0.138. The Hall–Kier alpha value is -2.55. The van der Waals surface area contributed by atoms with E-state index in [2.05, 4.69) is 48.1 Å². The van der Waals surface area contributed by atoms with Gasteiger partial charge < -0.3 is 0 Å². The Morgan fingerprint density at radius 1 is 0.690 bits per heavy atom. The third-order valence-electron chi connectivity index (χ3n) is 5.37. The Kier molecular flexibility index (Phi) is 7.92. The molecule has 152 valence electrons. The van der Waals surface area contributed by atoms with Gasteiger partial charge in [-0.3, -0.25) is 0 Å². The zero-order valence-corrected chi connectivity index (χ0v) is 17.6. The number of unbranched alkanes of at least 4 members (excludes halogenated alkanes) is 4. The van der Waals surface area contributed by atoms with E-state index in [0.29, 0.717) is 5.82 Å². The van der Waals surface area contributed by atoms with E-state index < -0.39 is 0 Å². The Balaban J connectivity index is 1.67. The number of aryl methyl sites for hydroxylation is 2. The van der Waals surface area contributed by atoms with E-state index in [1.807, 2.05) is 12.1 Å². The van der Waals surface area contributed by atoms with Gasteiger partial charge in [-0.15, -0.1) is 0 Å². The van der Waals surface area contributed by atoms with Crippen molar-refractivity contribution in [3.63, 3.8) is 0 Å². The van der Waals surface area contributed by atoms with Crippen molar-refractivity contribution in [2.75, 3.05) is 0 Å². The van der Waals surface area contributed by atoms with Gasteiger partial charge in [0.2, 0.25) is 0 Å². The summed E-state index contributed by atoms with van der Waals surface area (Å²) in [7, 11) is 0. The van der Waals surface area contributed by atoms with Crippen LogP contribution < -0.4 is 0 Å². The molecule has 1 aromatic heterocycles. The number of rotatable bonds is 10. The van der Waals surface area contributed by atoms with Gasteiger partial charge in [0.15, 0.2) is 5.82 Å². The molecule has 0 fully saturated rings. The molecule has 3 heteroatoms. The summed E-state index contributed by atoms with van der Waals surface area (Å²) in [5, 5.41) is 0. The van der Waals surface area contributed by atoms with E-state index >= 15 is 0 Å². The molecule has 0 spiro atoms. The topological polar surface area (TPSA) is 25.8 Å². The van der Waals surface area contributed by atoms with Crippen LogP contribution in [0.1, 0.15) is 63.5 Å². The Labute approximate surface area is 174 Å². The maximum atomic E-state index is 14.4. The molecule has 2 aromatic carbocycles. The lowest BCUT2D eigenvalue weighted by Crippen LogP contribution is -1.94. The van der Waals surface area contributed by atoms with Crippen LogP contribution in [0.5, 0.6) is 0 Å². The molecule has 0 amide bonds. The van der Waals surface area contributed by atoms with Crippen LogP contribution in [0.3, 0.4) is 0 Å². The van der Waals surface area contributed by atoms with Gasteiger partial charge in [0.05, 0.1) is 0 Å². The van der Waals surface area contributed by atoms with Crippen LogP contribution in [-0.4, -0.2) is 9.97 Å². The van der Waals surface area contributed by atoms with E-state index in [-0.39, 0.29) is 5.82 Å². The molecule has 0 radical (unpaired) electrons. The smallest absolute Gasteiger partial charge is 0.159 e. The molecule has 1 heterocycles. The average molecular weight is 391 g/mol. The third kappa shape index (κ3) is 5.96. The van der Waals surface area contributed by atoms with Gasteiger partial charge in [-0.2, -0.15) is 0 Å². The number of hydrogen-bond donors (Lipinski definition) is 0. The van der Waals surface area contributed by atoms with Crippen molar-refractivity contribution in [1.82, 2.24) is 9.97 Å². The van der Waals surface area contributed by atoms with Crippen LogP contribution >= 0.6 is 0 Å². The molecule has 0 N–H and O–H groups in total. The number of aromatic nitrogens is 2. The lowest BCUT2D eigenvalue weighted by atomic mass is 10.0. The lowest BCUT2D eigenvalue weighted by Gasteiger charge is -2.07. The monoisotopic (exact) mass is 390 g/mol. The first-order chi connectivity index (χ1) is 14.2. The van der Waals surface area contributed by atoms with E-state index in [9.17, 15) is 4.39 Å². The van der Waals surface area contributed by atoms with Crippen LogP contribution in [0.25, 0.3) is 22.5 Å². The third-order valence-corrected chi connectivity index (χ3v) is 5.37. The summed E-state index contributed by atoms with van der Waals surface area (Å²) in [4.78, 5) is 9.02. The Bertz CT molecular complexity index is 886. The van der Waals surface area contributed by atoms with E-state index in [1.165, 1.54) is 24.8 Å². The summed E-state index contributed by atoms with van der Waals surface area (Å²) in [5.41, 5.74) is 4.81. The molecule has 0 saturated heterocycles. The van der Waals surface area contributed by atoms with Gasteiger partial charge in [0.1, 0.15) is 5.82 Å². The quantitative estimate of drug-likeness (QED) is 0.337. The maximum Gasteiger partial charge on any atom is 0.159 e. The number of nitrogens with zero attached hydrogens (tertiary/aromatic N) is 2. The van der Waals surface area contributed by atoms with Crippen molar-refractivity contribution in [3.8, 4) is 22.5 Å². The molecule has 0 aliphatic rings. The fourth-order valence-corrected chi connectivity index (χ4v) is 3.52. The summed E-state index contributed by atoms with van der Waals surface area (Å²) in [6.07, 6.45) is 12.5. The van der Waals surface area contributed by atoms with Crippen molar-refractivity contribution >= 4 is 0 Å². The van der Waals surface area contributed by atoms with Gasteiger partial charge in [-0.25, -0.2) is 14.4 Å². The van der Waals surface area contributed by atoms with E-state index in [0.717, 1.165) is 54.4 Å². The van der Waals surface area contributed by atoms with Crippen LogP contribution in [0.2, 0.25) is 0 Å². The van der Waals surface area contributed by atoms with E-state index in [4.69, 9.17) is 0 Å². The van der Waals surface area contributed by atoms with Gasteiger partial charge in [-0.05, 0) is 48.4 Å². The number of halogens is 1. The average Bonchev–Trinajstić information content (AvgIpc) is 2.76. The van der Waals surface area contributed by atoms with Crippen molar-refractivity contribution < 1.29 is 4.39 Å². The van der Waals surface area contributed by atoms with Crippen molar-refractivity contribution in [3.05, 3.63) is 71.8 Å². The first-order valence-corrected chi connectivity index (χ1v) is 10.9. The SMILES string of the molecule is CCCCCc1ccc(-c2ncc(-c3ccc(CCCCC)c(F)c3)cn2)cc1. The zero-order valence-electron chi connectivity index (χ0n) is 17.6. The molecule has 0 bridgehead atoms.